The van der Waals surface area contributed by atoms with Crippen molar-refractivity contribution < 1.29 is 0 Å². The smallest absolute Gasteiger partial charge is 0.000956 e. The Bertz CT molecular complexity index is 131. The molecular formula is C12H25N. The summed E-state index contributed by atoms with van der Waals surface area (Å²) < 4.78 is 0. The Hall–Kier alpha value is -0.0400. The van der Waals surface area contributed by atoms with Crippen molar-refractivity contribution in [1.82, 2.24) is 4.90 Å². The molecule has 0 bridgehead atoms. The molecule has 0 amide bonds. The van der Waals surface area contributed by atoms with Crippen molar-refractivity contribution in [1.29, 1.82) is 0 Å². The Morgan fingerprint density at radius 1 is 1.38 bits per heavy atom. The van der Waals surface area contributed by atoms with E-state index in [9.17, 15) is 0 Å². The summed E-state index contributed by atoms with van der Waals surface area (Å²) in [6.07, 6.45) is 5.64. The van der Waals surface area contributed by atoms with Gasteiger partial charge in [-0.3, -0.25) is 0 Å². The second-order valence-electron chi connectivity index (χ2n) is 4.90. The molecule has 1 nitrogen and oxygen atoms in total. The normalized spacial score (nSPS) is 25.4. The van der Waals surface area contributed by atoms with Crippen molar-refractivity contribution in [2.45, 2.75) is 46.5 Å². The van der Waals surface area contributed by atoms with Crippen LogP contribution in [-0.2, 0) is 0 Å². The highest BCUT2D eigenvalue weighted by molar-refractivity contribution is 4.72. The molecule has 1 heterocycles. The molecule has 0 radical (unpaired) electrons. The summed E-state index contributed by atoms with van der Waals surface area (Å²) >= 11 is 0. The zero-order valence-corrected chi connectivity index (χ0v) is 9.55. The number of rotatable bonds is 4. The SMILES string of the molecule is CCC1CCCN(CCC(C)C)C1. The van der Waals surface area contributed by atoms with Gasteiger partial charge in [0.1, 0.15) is 0 Å². The largest absolute Gasteiger partial charge is 0.303 e. The Kier molecular flexibility index (Phi) is 4.79. The number of nitrogens with zero attached hydrogens (tertiary/aromatic N) is 1. The fourth-order valence-corrected chi connectivity index (χ4v) is 2.13. The highest BCUT2D eigenvalue weighted by Crippen LogP contribution is 2.19. The number of hydrogen-bond donors (Lipinski definition) is 0. The highest BCUT2D eigenvalue weighted by atomic mass is 15.1. The maximum Gasteiger partial charge on any atom is 0.000956 e. The zero-order valence-electron chi connectivity index (χ0n) is 9.55. The molecule has 1 fully saturated rings. The lowest BCUT2D eigenvalue weighted by Crippen LogP contribution is -2.36. The summed E-state index contributed by atoms with van der Waals surface area (Å²) in [6, 6.07) is 0. The molecule has 1 rings (SSSR count). The highest BCUT2D eigenvalue weighted by Gasteiger charge is 2.17. The van der Waals surface area contributed by atoms with E-state index in [1.807, 2.05) is 0 Å². The molecule has 0 aromatic rings. The zero-order chi connectivity index (χ0) is 9.68. The van der Waals surface area contributed by atoms with Crippen LogP contribution < -0.4 is 0 Å². The lowest BCUT2D eigenvalue weighted by Gasteiger charge is -2.32. The van der Waals surface area contributed by atoms with Gasteiger partial charge in [-0.1, -0.05) is 27.2 Å². The van der Waals surface area contributed by atoms with Crippen LogP contribution in [-0.4, -0.2) is 24.5 Å². The van der Waals surface area contributed by atoms with Crippen molar-refractivity contribution >= 4 is 0 Å². The van der Waals surface area contributed by atoms with E-state index < -0.39 is 0 Å². The van der Waals surface area contributed by atoms with Gasteiger partial charge in [0.25, 0.3) is 0 Å². The van der Waals surface area contributed by atoms with Crippen molar-refractivity contribution in [3.8, 4) is 0 Å². The van der Waals surface area contributed by atoms with E-state index in [-0.39, 0.29) is 0 Å². The summed E-state index contributed by atoms with van der Waals surface area (Å²) in [4.78, 5) is 2.66. The van der Waals surface area contributed by atoms with Gasteiger partial charge in [0.15, 0.2) is 0 Å². The van der Waals surface area contributed by atoms with E-state index in [2.05, 4.69) is 25.7 Å². The maximum absolute atomic E-state index is 2.66. The van der Waals surface area contributed by atoms with Crippen LogP contribution in [0.4, 0.5) is 0 Å². The third kappa shape index (κ3) is 4.12. The molecular weight excluding hydrogens is 158 g/mol. The first-order chi connectivity index (χ1) is 6.22. The van der Waals surface area contributed by atoms with E-state index in [0.717, 1.165) is 11.8 Å². The monoisotopic (exact) mass is 183 g/mol. The molecule has 0 saturated carbocycles. The van der Waals surface area contributed by atoms with Gasteiger partial charge in [-0.15, -0.1) is 0 Å². The van der Waals surface area contributed by atoms with E-state index >= 15 is 0 Å². The minimum Gasteiger partial charge on any atom is -0.303 e. The van der Waals surface area contributed by atoms with Gasteiger partial charge < -0.3 is 4.90 Å². The molecule has 1 atom stereocenters. The fraction of sp³-hybridized carbons (Fsp3) is 1.00. The fourth-order valence-electron chi connectivity index (χ4n) is 2.13. The van der Waals surface area contributed by atoms with Crippen molar-refractivity contribution in [3.05, 3.63) is 0 Å². The average Bonchev–Trinajstić information content (AvgIpc) is 2.15. The molecule has 0 aromatic carbocycles. The third-order valence-corrected chi connectivity index (χ3v) is 3.20. The van der Waals surface area contributed by atoms with Gasteiger partial charge in [-0.25, -0.2) is 0 Å². The second kappa shape index (κ2) is 5.64. The van der Waals surface area contributed by atoms with Crippen LogP contribution in [0.5, 0.6) is 0 Å². The first kappa shape index (κ1) is 11.0. The van der Waals surface area contributed by atoms with Crippen LogP contribution in [0.3, 0.4) is 0 Å². The quantitative estimate of drug-likeness (QED) is 0.647. The van der Waals surface area contributed by atoms with Crippen LogP contribution in [0.15, 0.2) is 0 Å². The predicted octanol–water partition coefficient (Wildman–Crippen LogP) is 3.15. The molecule has 1 heteroatoms. The summed E-state index contributed by atoms with van der Waals surface area (Å²) in [7, 11) is 0. The molecule has 0 spiro atoms. The summed E-state index contributed by atoms with van der Waals surface area (Å²) in [6.45, 7) is 11.0. The van der Waals surface area contributed by atoms with Crippen molar-refractivity contribution in [3.63, 3.8) is 0 Å². The van der Waals surface area contributed by atoms with Crippen LogP contribution in [0, 0.1) is 11.8 Å². The Balaban J connectivity index is 2.18. The van der Waals surface area contributed by atoms with Gasteiger partial charge in [0.2, 0.25) is 0 Å². The van der Waals surface area contributed by atoms with Crippen LogP contribution >= 0.6 is 0 Å². The molecule has 0 N–H and O–H groups in total. The van der Waals surface area contributed by atoms with Gasteiger partial charge in [-0.2, -0.15) is 0 Å². The van der Waals surface area contributed by atoms with E-state index in [4.69, 9.17) is 0 Å². The standard InChI is InChI=1S/C12H25N/c1-4-12-6-5-8-13(10-12)9-7-11(2)3/h11-12H,4-10H2,1-3H3. The lowest BCUT2D eigenvalue weighted by molar-refractivity contribution is 0.164. The topological polar surface area (TPSA) is 3.24 Å². The van der Waals surface area contributed by atoms with Crippen molar-refractivity contribution in [2.75, 3.05) is 19.6 Å². The third-order valence-electron chi connectivity index (χ3n) is 3.20. The number of piperidine rings is 1. The number of hydrogen-bond acceptors (Lipinski definition) is 1. The summed E-state index contributed by atoms with van der Waals surface area (Å²) in [5, 5.41) is 0. The van der Waals surface area contributed by atoms with Crippen LogP contribution in [0.2, 0.25) is 0 Å². The first-order valence-electron chi connectivity index (χ1n) is 5.94. The van der Waals surface area contributed by atoms with Crippen molar-refractivity contribution in [2.24, 2.45) is 11.8 Å². The van der Waals surface area contributed by atoms with E-state index in [1.165, 1.54) is 45.3 Å². The summed E-state index contributed by atoms with van der Waals surface area (Å²) in [5.74, 6) is 1.85. The van der Waals surface area contributed by atoms with Gasteiger partial charge >= 0.3 is 0 Å². The first-order valence-corrected chi connectivity index (χ1v) is 5.94. The summed E-state index contributed by atoms with van der Waals surface area (Å²) in [5.41, 5.74) is 0. The number of likely N-dealkylation sites (tertiary alicyclic amines) is 1. The molecule has 0 aliphatic carbocycles. The molecule has 1 saturated heterocycles. The molecule has 1 unspecified atom stereocenters. The van der Waals surface area contributed by atoms with Crippen LogP contribution in [0.1, 0.15) is 46.5 Å². The molecule has 13 heavy (non-hydrogen) atoms. The Morgan fingerprint density at radius 3 is 2.77 bits per heavy atom. The molecule has 0 aromatic heterocycles. The van der Waals surface area contributed by atoms with Gasteiger partial charge in [0.05, 0.1) is 0 Å². The van der Waals surface area contributed by atoms with Crippen LogP contribution in [0.25, 0.3) is 0 Å². The Morgan fingerprint density at radius 2 is 2.15 bits per heavy atom. The second-order valence-corrected chi connectivity index (χ2v) is 4.90. The van der Waals surface area contributed by atoms with E-state index in [0.29, 0.717) is 0 Å². The van der Waals surface area contributed by atoms with E-state index in [1.54, 1.807) is 0 Å². The van der Waals surface area contributed by atoms with Gasteiger partial charge in [0, 0.05) is 6.54 Å². The Labute approximate surface area is 83.5 Å². The maximum atomic E-state index is 2.66. The molecule has 78 valence electrons. The lowest BCUT2D eigenvalue weighted by atomic mass is 9.95. The minimum absolute atomic E-state index is 0.863. The minimum atomic E-state index is 0.863. The predicted molar refractivity (Wildman–Crippen MR) is 58.9 cm³/mol. The van der Waals surface area contributed by atoms with Gasteiger partial charge in [-0.05, 0) is 44.2 Å². The molecule has 1 aliphatic heterocycles. The molecule has 1 aliphatic rings. The average molecular weight is 183 g/mol.